The van der Waals surface area contributed by atoms with Crippen molar-refractivity contribution >= 4 is 28.6 Å². The highest BCUT2D eigenvalue weighted by Crippen LogP contribution is 2.37. The van der Waals surface area contributed by atoms with Crippen LogP contribution in [-0.2, 0) is 4.79 Å². The number of aromatic nitrogens is 1. The number of hydrogen-bond acceptors (Lipinski definition) is 5. The number of thioether (sulfide) groups is 1. The summed E-state index contributed by atoms with van der Waals surface area (Å²) in [5.74, 6) is 1.81. The maximum atomic E-state index is 15.4. The molecule has 1 aliphatic heterocycles. The molecule has 3 atom stereocenters. The Morgan fingerprint density at radius 2 is 2.12 bits per heavy atom. The summed E-state index contributed by atoms with van der Waals surface area (Å²) in [6.07, 6.45) is 6.44. The fourth-order valence-corrected chi connectivity index (χ4v) is 6.19. The van der Waals surface area contributed by atoms with Crippen molar-refractivity contribution in [2.75, 3.05) is 32.5 Å². The highest BCUT2D eigenvalue weighted by Gasteiger charge is 2.30. The van der Waals surface area contributed by atoms with Crippen LogP contribution in [-0.4, -0.2) is 58.7 Å². The zero-order valence-corrected chi connectivity index (χ0v) is 20.2. The summed E-state index contributed by atoms with van der Waals surface area (Å²) >= 11 is 2.07. The van der Waals surface area contributed by atoms with E-state index in [9.17, 15) is 9.90 Å². The van der Waals surface area contributed by atoms with Gasteiger partial charge in [-0.3, -0.25) is 9.78 Å². The molecule has 1 aliphatic carbocycles. The number of carboxylic acid groups (broad SMARTS) is 1. The number of hydrogen-bond donors (Lipinski definition) is 1. The molecule has 5 nitrogen and oxygen atoms in total. The third kappa shape index (κ3) is 6.82. The van der Waals surface area contributed by atoms with Crippen molar-refractivity contribution in [3.63, 3.8) is 0 Å². The number of aliphatic carboxylic acids is 1. The number of fused-ring (bicyclic) bond motifs is 1. The molecular weight excluding hydrogens is 439 g/mol. The molecule has 1 aromatic carbocycles. The number of methoxy groups -OCH3 is 1. The molecule has 180 valence electrons. The van der Waals surface area contributed by atoms with Crippen molar-refractivity contribution in [2.24, 2.45) is 11.8 Å². The summed E-state index contributed by atoms with van der Waals surface area (Å²) in [7, 11) is 1.61. The second-order valence-electron chi connectivity index (χ2n) is 9.44. The van der Waals surface area contributed by atoms with Gasteiger partial charge in [0.25, 0.3) is 0 Å². The van der Waals surface area contributed by atoms with E-state index in [1.54, 1.807) is 19.4 Å². The lowest BCUT2D eigenvalue weighted by Gasteiger charge is -2.39. The van der Waals surface area contributed by atoms with Gasteiger partial charge >= 0.3 is 5.97 Å². The van der Waals surface area contributed by atoms with E-state index in [1.807, 2.05) is 18.2 Å². The normalized spacial score (nSPS) is 22.4. The van der Waals surface area contributed by atoms with Crippen LogP contribution in [0.25, 0.3) is 10.9 Å². The van der Waals surface area contributed by atoms with Gasteiger partial charge in [0.2, 0.25) is 0 Å². The van der Waals surface area contributed by atoms with Crippen LogP contribution in [0.3, 0.4) is 0 Å². The van der Waals surface area contributed by atoms with Gasteiger partial charge in [-0.2, -0.15) is 11.8 Å². The average Bonchev–Trinajstić information content (AvgIpc) is 3.65. The van der Waals surface area contributed by atoms with Crippen LogP contribution >= 0.6 is 11.8 Å². The Bertz CT molecular complexity index is 939. The number of nitrogens with zero attached hydrogens (tertiary/aromatic N) is 2. The van der Waals surface area contributed by atoms with Crippen molar-refractivity contribution in [3.8, 4) is 5.75 Å². The quantitative estimate of drug-likeness (QED) is 0.424. The van der Waals surface area contributed by atoms with Gasteiger partial charge in [0.1, 0.15) is 11.9 Å². The first-order chi connectivity index (χ1) is 16.0. The first kappa shape index (κ1) is 24.3. The number of carbonyl (C=O) groups is 1. The molecule has 1 saturated carbocycles. The largest absolute Gasteiger partial charge is 0.497 e. The number of halogens is 1. The Morgan fingerprint density at radius 1 is 1.27 bits per heavy atom. The lowest BCUT2D eigenvalue weighted by molar-refractivity contribution is -0.137. The molecule has 0 spiro atoms. The van der Waals surface area contributed by atoms with E-state index in [0.29, 0.717) is 36.0 Å². The zero-order valence-electron chi connectivity index (χ0n) is 19.4. The SMILES string of the molecule is COc1ccc2nccc(C(F)CC[C@@H]3CCN(CCSC4CC4)C[C@@H]3CCC(=O)O)c2c1. The Labute approximate surface area is 200 Å². The second-order valence-corrected chi connectivity index (χ2v) is 10.8. The predicted octanol–water partition coefficient (Wildman–Crippen LogP) is 5.73. The van der Waals surface area contributed by atoms with Crippen LogP contribution in [0.4, 0.5) is 4.39 Å². The first-order valence-electron chi connectivity index (χ1n) is 12.2. The zero-order chi connectivity index (χ0) is 23.2. The average molecular weight is 475 g/mol. The van der Waals surface area contributed by atoms with E-state index < -0.39 is 12.1 Å². The van der Waals surface area contributed by atoms with Crippen LogP contribution in [0.1, 0.15) is 56.7 Å². The van der Waals surface area contributed by atoms with Gasteiger partial charge in [0, 0.05) is 42.1 Å². The van der Waals surface area contributed by atoms with Crippen molar-refractivity contribution in [3.05, 3.63) is 36.0 Å². The number of piperidine rings is 1. The van der Waals surface area contributed by atoms with Gasteiger partial charge < -0.3 is 14.7 Å². The summed E-state index contributed by atoms with van der Waals surface area (Å²) in [5.41, 5.74) is 1.43. The monoisotopic (exact) mass is 474 g/mol. The number of alkyl halides is 1. The van der Waals surface area contributed by atoms with Gasteiger partial charge in [-0.05, 0) is 86.7 Å². The molecule has 1 aromatic heterocycles. The molecule has 2 aliphatic rings. The summed E-state index contributed by atoms with van der Waals surface area (Å²) in [4.78, 5) is 18.1. The van der Waals surface area contributed by atoms with Gasteiger partial charge in [-0.1, -0.05) is 0 Å². The maximum Gasteiger partial charge on any atom is 0.303 e. The molecule has 0 bridgehead atoms. The van der Waals surface area contributed by atoms with Crippen molar-refractivity contribution < 1.29 is 19.0 Å². The minimum absolute atomic E-state index is 0.194. The topological polar surface area (TPSA) is 62.7 Å². The van der Waals surface area contributed by atoms with Crippen molar-refractivity contribution in [1.82, 2.24) is 9.88 Å². The van der Waals surface area contributed by atoms with E-state index in [4.69, 9.17) is 4.74 Å². The lowest BCUT2D eigenvalue weighted by Crippen LogP contribution is -2.41. The molecule has 1 N–H and O–H groups in total. The van der Waals surface area contributed by atoms with Gasteiger partial charge in [0.05, 0.1) is 12.6 Å². The second kappa shape index (κ2) is 11.5. The van der Waals surface area contributed by atoms with Crippen LogP contribution in [0.2, 0.25) is 0 Å². The van der Waals surface area contributed by atoms with Gasteiger partial charge in [0.15, 0.2) is 0 Å². The number of carboxylic acids is 1. The van der Waals surface area contributed by atoms with E-state index in [2.05, 4.69) is 21.6 Å². The number of rotatable bonds is 12. The molecule has 0 radical (unpaired) electrons. The van der Waals surface area contributed by atoms with Crippen molar-refractivity contribution in [2.45, 2.75) is 56.4 Å². The van der Waals surface area contributed by atoms with Gasteiger partial charge in [-0.15, -0.1) is 0 Å². The number of ether oxygens (including phenoxy) is 1. The minimum Gasteiger partial charge on any atom is -0.497 e. The molecule has 7 heteroatoms. The molecule has 4 rings (SSSR count). The smallest absolute Gasteiger partial charge is 0.303 e. The van der Waals surface area contributed by atoms with E-state index >= 15 is 4.39 Å². The fourth-order valence-electron chi connectivity index (χ4n) is 5.02. The lowest BCUT2D eigenvalue weighted by atomic mass is 9.79. The molecule has 1 unspecified atom stereocenters. The van der Waals surface area contributed by atoms with Crippen molar-refractivity contribution in [1.29, 1.82) is 0 Å². The van der Waals surface area contributed by atoms with Crippen LogP contribution in [0.5, 0.6) is 5.75 Å². The Balaban J connectivity index is 1.37. The minimum atomic E-state index is -1.07. The first-order valence-corrected chi connectivity index (χ1v) is 13.2. The highest BCUT2D eigenvalue weighted by molar-refractivity contribution is 8.00. The van der Waals surface area contributed by atoms with Crippen LogP contribution < -0.4 is 4.74 Å². The Kier molecular flexibility index (Phi) is 8.47. The van der Waals surface area contributed by atoms with E-state index in [1.165, 1.54) is 12.8 Å². The molecular formula is C26H35FN2O3S. The number of benzene rings is 1. The molecule has 2 aromatic rings. The van der Waals surface area contributed by atoms with Crippen LogP contribution in [0.15, 0.2) is 30.5 Å². The highest BCUT2D eigenvalue weighted by atomic mass is 32.2. The Hall–Kier alpha value is -1.86. The standard InChI is InChI=1S/C26H35FN2O3S/c1-32-20-4-8-25-23(16-20)22(10-12-28-25)24(27)7-2-18-11-13-29(14-15-33-21-5-6-21)17-19(18)3-9-26(30)31/h4,8,10,12,16,18-19,21,24H,2-3,5-7,9,11,13-15,17H2,1H3,(H,30,31)/t18-,19+,24?/m1/s1. The summed E-state index contributed by atoms with van der Waals surface area (Å²) in [6, 6.07) is 7.34. The molecule has 2 heterocycles. The third-order valence-electron chi connectivity index (χ3n) is 7.10. The molecule has 33 heavy (non-hydrogen) atoms. The number of likely N-dealkylation sites (tertiary alicyclic amines) is 1. The fraction of sp³-hybridized carbons (Fsp3) is 0.615. The maximum absolute atomic E-state index is 15.4. The van der Waals surface area contributed by atoms with Crippen LogP contribution in [0, 0.1) is 11.8 Å². The summed E-state index contributed by atoms with van der Waals surface area (Å²) in [5, 5.41) is 10.9. The van der Waals surface area contributed by atoms with E-state index in [0.717, 1.165) is 54.4 Å². The molecule has 0 amide bonds. The third-order valence-corrected chi connectivity index (χ3v) is 8.46. The van der Waals surface area contributed by atoms with Gasteiger partial charge in [-0.25, -0.2) is 4.39 Å². The summed E-state index contributed by atoms with van der Waals surface area (Å²) in [6.45, 7) is 3.05. The Morgan fingerprint density at radius 3 is 2.88 bits per heavy atom. The predicted molar refractivity (Wildman–Crippen MR) is 132 cm³/mol. The molecule has 1 saturated heterocycles. The summed E-state index contributed by atoms with van der Waals surface area (Å²) < 4.78 is 20.8. The van der Waals surface area contributed by atoms with E-state index in [-0.39, 0.29) is 6.42 Å². The molecule has 2 fully saturated rings. The number of pyridine rings is 1.